The van der Waals surface area contributed by atoms with Gasteiger partial charge in [-0.15, -0.1) is 0 Å². The Kier molecular flexibility index (Phi) is 5.63. The van der Waals surface area contributed by atoms with E-state index in [-0.39, 0.29) is 6.61 Å². The van der Waals surface area contributed by atoms with E-state index in [1.165, 1.54) is 7.11 Å². The van der Waals surface area contributed by atoms with Gasteiger partial charge in [-0.25, -0.2) is 8.78 Å². The quantitative estimate of drug-likeness (QED) is 0.600. The lowest BCUT2D eigenvalue weighted by Crippen LogP contribution is -2.33. The molecule has 0 atom stereocenters. The smallest absolute Gasteiger partial charge is 0.330 e. The van der Waals surface area contributed by atoms with Gasteiger partial charge in [0.05, 0.1) is 0 Å². The molecule has 7 heteroatoms. The summed E-state index contributed by atoms with van der Waals surface area (Å²) >= 11 is 0. The summed E-state index contributed by atoms with van der Waals surface area (Å²) in [7, 11) is 1.24. The summed E-state index contributed by atoms with van der Waals surface area (Å²) in [4.78, 5) is 10.6. The van der Waals surface area contributed by atoms with Crippen molar-refractivity contribution in [1.82, 2.24) is 0 Å². The molecule has 0 bridgehead atoms. The molecule has 0 saturated heterocycles. The third-order valence-electron chi connectivity index (χ3n) is 1.18. The molecular weight excluding hydrogens is 208 g/mol. The van der Waals surface area contributed by atoms with Crippen LogP contribution in [0.4, 0.5) is 17.6 Å². The number of rotatable bonds is 7. The van der Waals surface area contributed by atoms with Gasteiger partial charge in [0, 0.05) is 7.11 Å². The summed E-state index contributed by atoms with van der Waals surface area (Å²) in [6.07, 6.45) is -3.79. The first-order valence-electron chi connectivity index (χ1n) is 3.64. The van der Waals surface area contributed by atoms with Crippen LogP contribution in [-0.2, 0) is 14.3 Å². The van der Waals surface area contributed by atoms with Crippen LogP contribution in [0, 0.1) is 0 Å². The van der Waals surface area contributed by atoms with Crippen LogP contribution in [0.3, 0.4) is 0 Å². The fourth-order valence-electron chi connectivity index (χ4n) is 0.567. The van der Waals surface area contributed by atoms with Gasteiger partial charge in [0.15, 0.2) is 5.78 Å². The maximum absolute atomic E-state index is 12.2. The molecule has 0 aromatic carbocycles. The first kappa shape index (κ1) is 13.3. The van der Waals surface area contributed by atoms with E-state index in [1.54, 1.807) is 0 Å². The molecule has 0 saturated carbocycles. The van der Waals surface area contributed by atoms with E-state index in [1.807, 2.05) is 0 Å². The third-order valence-corrected chi connectivity index (χ3v) is 1.18. The molecule has 84 valence electrons. The van der Waals surface area contributed by atoms with Crippen LogP contribution >= 0.6 is 0 Å². The molecule has 3 nitrogen and oxygen atoms in total. The van der Waals surface area contributed by atoms with Crippen molar-refractivity contribution in [2.75, 3.05) is 26.9 Å². The maximum atomic E-state index is 12.2. The molecule has 0 spiro atoms. The number of alkyl halides is 4. The van der Waals surface area contributed by atoms with E-state index in [0.29, 0.717) is 0 Å². The molecule has 0 aliphatic heterocycles. The number of carbonyl (C=O) groups is 1. The lowest BCUT2D eigenvalue weighted by Gasteiger charge is -2.14. The Morgan fingerprint density at radius 1 is 1.36 bits per heavy atom. The molecule has 0 aliphatic carbocycles. The minimum absolute atomic E-state index is 0.291. The lowest BCUT2D eigenvalue weighted by atomic mass is 10.4. The predicted molar refractivity (Wildman–Crippen MR) is 38.7 cm³/mol. The van der Waals surface area contributed by atoms with Gasteiger partial charge in [-0.3, -0.25) is 4.79 Å². The number of ether oxygens (including phenoxy) is 2. The normalized spacial score (nSPS) is 12.1. The molecule has 0 unspecified atom stereocenters. The average molecular weight is 218 g/mol. The molecule has 0 aromatic heterocycles. The highest BCUT2D eigenvalue weighted by atomic mass is 19.3. The minimum Gasteiger partial charge on any atom is -0.377 e. The second-order valence-corrected chi connectivity index (χ2v) is 2.53. The Morgan fingerprint density at radius 3 is 2.36 bits per heavy atom. The zero-order chi connectivity index (χ0) is 11.2. The second kappa shape index (κ2) is 5.92. The summed E-state index contributed by atoms with van der Waals surface area (Å²) in [6.45, 7) is -2.42. The van der Waals surface area contributed by atoms with Crippen molar-refractivity contribution in [1.29, 1.82) is 0 Å². The van der Waals surface area contributed by atoms with Crippen LogP contribution in [-0.4, -0.2) is 45.1 Å². The molecule has 14 heavy (non-hydrogen) atoms. The van der Waals surface area contributed by atoms with Crippen molar-refractivity contribution in [3.05, 3.63) is 0 Å². The van der Waals surface area contributed by atoms with Gasteiger partial charge in [-0.1, -0.05) is 0 Å². The van der Waals surface area contributed by atoms with Crippen molar-refractivity contribution in [3.63, 3.8) is 0 Å². The summed E-state index contributed by atoms with van der Waals surface area (Å²) < 4.78 is 55.9. The van der Waals surface area contributed by atoms with E-state index in [2.05, 4.69) is 9.47 Å². The Morgan fingerprint density at radius 2 is 1.93 bits per heavy atom. The van der Waals surface area contributed by atoms with Gasteiger partial charge >= 0.3 is 12.3 Å². The summed E-state index contributed by atoms with van der Waals surface area (Å²) in [5.41, 5.74) is 0. The monoisotopic (exact) mass is 218 g/mol. The van der Waals surface area contributed by atoms with Gasteiger partial charge in [0.25, 0.3) is 0 Å². The van der Waals surface area contributed by atoms with E-state index < -0.39 is 31.3 Å². The fourth-order valence-corrected chi connectivity index (χ4v) is 0.567. The highest BCUT2D eigenvalue weighted by Crippen LogP contribution is 2.22. The lowest BCUT2D eigenvalue weighted by molar-refractivity contribution is -0.168. The van der Waals surface area contributed by atoms with Crippen molar-refractivity contribution in [3.8, 4) is 0 Å². The van der Waals surface area contributed by atoms with Gasteiger partial charge < -0.3 is 9.47 Å². The summed E-state index contributed by atoms with van der Waals surface area (Å²) in [6, 6.07) is 0. The number of carbonyl (C=O) groups excluding carboxylic acids is 1. The number of hydrogen-bond donors (Lipinski definition) is 0. The van der Waals surface area contributed by atoms with E-state index in [0.717, 1.165) is 0 Å². The van der Waals surface area contributed by atoms with Crippen LogP contribution in [0.15, 0.2) is 0 Å². The molecule has 0 amide bonds. The number of Topliss-reactive ketones (excluding diaryl/α,β-unsaturated/α-hetero) is 1. The minimum atomic E-state index is -4.21. The predicted octanol–water partition coefficient (Wildman–Crippen LogP) is 1.12. The molecular formula is C7H10F4O3. The van der Waals surface area contributed by atoms with Gasteiger partial charge in [-0.05, 0) is 0 Å². The zero-order valence-electron chi connectivity index (χ0n) is 7.44. The van der Waals surface area contributed by atoms with Gasteiger partial charge in [-0.2, -0.15) is 8.78 Å². The molecule has 0 N–H and O–H groups in total. The summed E-state index contributed by atoms with van der Waals surface area (Å²) in [5.74, 6) is -4.80. The highest BCUT2D eigenvalue weighted by molar-refractivity contribution is 5.80. The zero-order valence-corrected chi connectivity index (χ0v) is 7.44. The number of halogens is 4. The number of ketones is 1. The Balaban J connectivity index is 3.68. The van der Waals surface area contributed by atoms with Crippen molar-refractivity contribution in [2.24, 2.45) is 0 Å². The molecule has 0 fully saturated rings. The van der Waals surface area contributed by atoms with E-state index in [4.69, 9.17) is 0 Å². The second-order valence-electron chi connectivity index (χ2n) is 2.53. The van der Waals surface area contributed by atoms with E-state index in [9.17, 15) is 22.4 Å². The van der Waals surface area contributed by atoms with Gasteiger partial charge in [0.2, 0.25) is 0 Å². The van der Waals surface area contributed by atoms with Crippen LogP contribution in [0.2, 0.25) is 0 Å². The maximum Gasteiger partial charge on any atom is 0.330 e. The first-order valence-corrected chi connectivity index (χ1v) is 3.64. The Bertz CT molecular complexity index is 184. The number of methoxy groups -OCH3 is 1. The first-order chi connectivity index (χ1) is 6.40. The molecule has 0 radical (unpaired) electrons. The fraction of sp³-hybridized carbons (Fsp3) is 0.857. The largest absolute Gasteiger partial charge is 0.377 e. The molecule has 0 rings (SSSR count). The SMILES string of the molecule is COCC(=O)COCC(F)(F)C(F)F. The molecule has 0 aliphatic rings. The highest BCUT2D eigenvalue weighted by Gasteiger charge is 2.41. The summed E-state index contributed by atoms with van der Waals surface area (Å²) in [5, 5.41) is 0. The number of hydrogen-bond acceptors (Lipinski definition) is 3. The average Bonchev–Trinajstić information content (AvgIpc) is 2.04. The van der Waals surface area contributed by atoms with Crippen molar-refractivity contribution >= 4 is 5.78 Å². The van der Waals surface area contributed by atoms with Crippen LogP contribution in [0.5, 0.6) is 0 Å². The third kappa shape index (κ3) is 5.13. The Labute approximate surface area is 78.0 Å². The molecule has 0 heterocycles. The van der Waals surface area contributed by atoms with Crippen LogP contribution in [0.25, 0.3) is 0 Å². The van der Waals surface area contributed by atoms with Crippen LogP contribution < -0.4 is 0 Å². The standard InChI is InChI=1S/C7H10F4O3/c1-13-2-5(12)3-14-4-7(10,11)6(8)9/h6H,2-4H2,1H3. The van der Waals surface area contributed by atoms with Crippen molar-refractivity contribution < 1.29 is 31.8 Å². The van der Waals surface area contributed by atoms with Crippen molar-refractivity contribution in [2.45, 2.75) is 12.3 Å². The molecule has 0 aromatic rings. The Hall–Kier alpha value is -0.690. The topological polar surface area (TPSA) is 35.5 Å². The van der Waals surface area contributed by atoms with Gasteiger partial charge in [0.1, 0.15) is 19.8 Å². The van der Waals surface area contributed by atoms with Crippen LogP contribution in [0.1, 0.15) is 0 Å². The van der Waals surface area contributed by atoms with E-state index >= 15 is 0 Å².